The van der Waals surface area contributed by atoms with E-state index in [1.54, 1.807) is 17.0 Å². The van der Waals surface area contributed by atoms with Crippen molar-refractivity contribution in [2.24, 2.45) is 0 Å². The van der Waals surface area contributed by atoms with E-state index in [2.05, 4.69) is 36.5 Å². The van der Waals surface area contributed by atoms with E-state index < -0.39 is 6.04 Å². The number of fused-ring (bicyclic) bond motifs is 1. The Morgan fingerprint density at radius 3 is 2.47 bits per heavy atom. The molecule has 3 aromatic rings. The normalized spacial score (nSPS) is 11.9. The van der Waals surface area contributed by atoms with E-state index in [1.165, 1.54) is 0 Å². The molecule has 0 aliphatic heterocycles. The molecule has 0 fully saturated rings. The average molecular weight is 499 g/mol. The predicted octanol–water partition coefficient (Wildman–Crippen LogP) is 6.80. The van der Waals surface area contributed by atoms with Crippen LogP contribution in [0.15, 0.2) is 60.7 Å². The number of halogens is 2. The van der Waals surface area contributed by atoms with Crippen molar-refractivity contribution in [3.63, 3.8) is 0 Å². The molecule has 0 aliphatic rings. The van der Waals surface area contributed by atoms with Gasteiger partial charge in [0.1, 0.15) is 6.04 Å². The minimum Gasteiger partial charge on any atom is -0.354 e. The van der Waals surface area contributed by atoms with Crippen molar-refractivity contribution in [3.8, 4) is 0 Å². The zero-order chi connectivity index (χ0) is 24.5. The molecule has 4 nitrogen and oxygen atoms in total. The van der Waals surface area contributed by atoms with Gasteiger partial charge in [-0.05, 0) is 53.3 Å². The molecule has 34 heavy (non-hydrogen) atoms. The lowest BCUT2D eigenvalue weighted by molar-refractivity contribution is -0.141. The van der Waals surface area contributed by atoms with Crippen molar-refractivity contribution in [2.75, 3.05) is 6.54 Å². The number of carbonyl (C=O) groups excluding carboxylic acids is 2. The number of nitrogens with zero attached hydrogens (tertiary/aromatic N) is 1. The van der Waals surface area contributed by atoms with Crippen molar-refractivity contribution in [1.29, 1.82) is 0 Å². The minimum absolute atomic E-state index is 0.0727. The van der Waals surface area contributed by atoms with Gasteiger partial charge in [-0.15, -0.1) is 0 Å². The molecule has 1 N–H and O–H groups in total. The van der Waals surface area contributed by atoms with Crippen molar-refractivity contribution >= 4 is 45.8 Å². The van der Waals surface area contributed by atoms with Gasteiger partial charge >= 0.3 is 0 Å². The van der Waals surface area contributed by atoms with Gasteiger partial charge in [0.25, 0.3) is 0 Å². The maximum Gasteiger partial charge on any atom is 0.242 e. The lowest BCUT2D eigenvalue weighted by atomic mass is 10.00. The standard InChI is InChI=1S/C28H32Cl2N2O2/c1-3-5-17-31-28(34)26(4-2)32(19-22-13-15-23(29)18-25(22)30)27(33)16-14-21-11-8-10-20-9-6-7-12-24(20)21/h6-13,15,18,26H,3-5,14,16-17,19H2,1-2H3,(H,31,34). The van der Waals surface area contributed by atoms with E-state index in [9.17, 15) is 9.59 Å². The maximum absolute atomic E-state index is 13.5. The highest BCUT2D eigenvalue weighted by atomic mass is 35.5. The summed E-state index contributed by atoms with van der Waals surface area (Å²) < 4.78 is 0. The van der Waals surface area contributed by atoms with Crippen LogP contribution in [-0.2, 0) is 22.6 Å². The predicted molar refractivity (Wildman–Crippen MR) is 141 cm³/mol. The Balaban J connectivity index is 1.83. The summed E-state index contributed by atoms with van der Waals surface area (Å²) in [4.78, 5) is 28.2. The molecule has 0 saturated carbocycles. The first kappa shape index (κ1) is 26.1. The van der Waals surface area contributed by atoms with Crippen LogP contribution in [0.2, 0.25) is 10.0 Å². The zero-order valence-corrected chi connectivity index (χ0v) is 21.3. The van der Waals surface area contributed by atoms with Gasteiger partial charge in [0.2, 0.25) is 11.8 Å². The van der Waals surface area contributed by atoms with Crippen LogP contribution in [0.1, 0.15) is 50.7 Å². The number of nitrogens with one attached hydrogen (secondary N) is 1. The van der Waals surface area contributed by atoms with E-state index in [-0.39, 0.29) is 18.4 Å². The number of aryl methyl sites for hydroxylation is 1. The molecule has 180 valence electrons. The Labute approximate surface area is 212 Å². The maximum atomic E-state index is 13.5. The van der Waals surface area contributed by atoms with Gasteiger partial charge in [-0.2, -0.15) is 0 Å². The van der Waals surface area contributed by atoms with Crippen molar-refractivity contribution < 1.29 is 9.59 Å². The molecule has 1 atom stereocenters. The number of amides is 2. The summed E-state index contributed by atoms with van der Waals surface area (Å²) in [5.74, 6) is -0.198. The number of hydrogen-bond donors (Lipinski definition) is 1. The van der Waals surface area contributed by atoms with E-state index in [0.29, 0.717) is 35.9 Å². The molecule has 0 radical (unpaired) electrons. The van der Waals surface area contributed by atoms with E-state index in [0.717, 1.165) is 34.7 Å². The van der Waals surface area contributed by atoms with E-state index in [1.807, 2.05) is 31.2 Å². The highest BCUT2D eigenvalue weighted by molar-refractivity contribution is 6.35. The van der Waals surface area contributed by atoms with Crippen LogP contribution in [0.4, 0.5) is 0 Å². The summed E-state index contributed by atoms with van der Waals surface area (Å²) in [7, 11) is 0. The fourth-order valence-corrected chi connectivity index (χ4v) is 4.62. The van der Waals surface area contributed by atoms with Crippen molar-refractivity contribution in [2.45, 2.75) is 58.5 Å². The first-order chi connectivity index (χ1) is 16.4. The largest absolute Gasteiger partial charge is 0.354 e. The summed E-state index contributed by atoms with van der Waals surface area (Å²) in [6.45, 7) is 4.86. The Kier molecular flexibility index (Phi) is 9.79. The van der Waals surface area contributed by atoms with Crippen LogP contribution < -0.4 is 5.32 Å². The van der Waals surface area contributed by atoms with Gasteiger partial charge in [-0.3, -0.25) is 9.59 Å². The SMILES string of the molecule is CCCCNC(=O)C(CC)N(Cc1ccc(Cl)cc1Cl)C(=O)CCc1cccc2ccccc12. The molecule has 0 aromatic heterocycles. The Bertz CT molecular complexity index is 1130. The first-order valence-electron chi connectivity index (χ1n) is 11.9. The van der Waals surface area contributed by atoms with Crippen molar-refractivity contribution in [3.05, 3.63) is 81.8 Å². The second-order valence-electron chi connectivity index (χ2n) is 8.46. The Morgan fingerprint density at radius 2 is 1.74 bits per heavy atom. The van der Waals surface area contributed by atoms with Gasteiger partial charge in [0, 0.05) is 29.6 Å². The van der Waals surface area contributed by atoms with Gasteiger partial charge in [0.15, 0.2) is 0 Å². The monoisotopic (exact) mass is 498 g/mol. The van der Waals surface area contributed by atoms with Gasteiger partial charge in [-0.1, -0.05) is 92.0 Å². The second-order valence-corrected chi connectivity index (χ2v) is 9.31. The lowest BCUT2D eigenvalue weighted by Gasteiger charge is -2.31. The van der Waals surface area contributed by atoms with Gasteiger partial charge in [-0.25, -0.2) is 0 Å². The number of benzene rings is 3. The molecule has 0 bridgehead atoms. The van der Waals surface area contributed by atoms with Crippen LogP contribution in [-0.4, -0.2) is 29.3 Å². The summed E-state index contributed by atoms with van der Waals surface area (Å²) >= 11 is 12.5. The smallest absolute Gasteiger partial charge is 0.242 e. The van der Waals surface area contributed by atoms with Gasteiger partial charge in [0.05, 0.1) is 0 Å². The van der Waals surface area contributed by atoms with Crippen molar-refractivity contribution in [1.82, 2.24) is 10.2 Å². The van der Waals surface area contributed by atoms with Crippen LogP contribution in [0, 0.1) is 0 Å². The summed E-state index contributed by atoms with van der Waals surface area (Å²) in [6, 6.07) is 19.0. The van der Waals surface area contributed by atoms with E-state index in [4.69, 9.17) is 23.2 Å². The second kappa shape index (κ2) is 12.8. The fraction of sp³-hybridized carbons (Fsp3) is 0.357. The van der Waals surface area contributed by atoms with Crippen LogP contribution in [0.5, 0.6) is 0 Å². The topological polar surface area (TPSA) is 49.4 Å². The third kappa shape index (κ3) is 6.74. The number of rotatable bonds is 11. The quantitative estimate of drug-likeness (QED) is 0.295. The molecule has 0 saturated heterocycles. The van der Waals surface area contributed by atoms with E-state index >= 15 is 0 Å². The van der Waals surface area contributed by atoms with Crippen LogP contribution in [0.25, 0.3) is 10.8 Å². The molecule has 2 amide bonds. The third-order valence-corrected chi connectivity index (χ3v) is 6.65. The Morgan fingerprint density at radius 1 is 0.971 bits per heavy atom. The minimum atomic E-state index is -0.566. The molecule has 3 aromatic carbocycles. The molecule has 3 rings (SSSR count). The molecule has 0 spiro atoms. The molecule has 0 aliphatic carbocycles. The highest BCUT2D eigenvalue weighted by Gasteiger charge is 2.28. The molecule has 0 heterocycles. The fourth-order valence-electron chi connectivity index (χ4n) is 4.15. The third-order valence-electron chi connectivity index (χ3n) is 6.06. The average Bonchev–Trinajstić information content (AvgIpc) is 2.83. The molecule has 6 heteroatoms. The Hall–Kier alpha value is -2.56. The van der Waals surface area contributed by atoms with Crippen LogP contribution in [0.3, 0.4) is 0 Å². The number of carbonyl (C=O) groups is 2. The molecular formula is C28H32Cl2N2O2. The number of hydrogen-bond acceptors (Lipinski definition) is 2. The molecular weight excluding hydrogens is 467 g/mol. The van der Waals surface area contributed by atoms with Gasteiger partial charge < -0.3 is 10.2 Å². The summed E-state index contributed by atoms with van der Waals surface area (Å²) in [6.07, 6.45) is 3.31. The summed E-state index contributed by atoms with van der Waals surface area (Å²) in [5, 5.41) is 6.31. The lowest BCUT2D eigenvalue weighted by Crippen LogP contribution is -2.49. The zero-order valence-electron chi connectivity index (χ0n) is 19.8. The number of unbranched alkanes of at least 4 members (excludes halogenated alkanes) is 1. The highest BCUT2D eigenvalue weighted by Crippen LogP contribution is 2.25. The molecule has 1 unspecified atom stereocenters. The first-order valence-corrected chi connectivity index (χ1v) is 12.7. The van der Waals surface area contributed by atoms with Crippen LogP contribution >= 0.6 is 23.2 Å². The summed E-state index contributed by atoms with van der Waals surface area (Å²) in [5.41, 5.74) is 1.89.